The molecule has 0 spiro atoms. The number of carbonyl (C=O) groups is 1. The summed E-state index contributed by atoms with van der Waals surface area (Å²) < 4.78 is 39.7. The van der Waals surface area contributed by atoms with E-state index in [1.165, 1.54) is 16.4 Å². The molecule has 1 aliphatic heterocycles. The van der Waals surface area contributed by atoms with Crippen molar-refractivity contribution in [2.75, 3.05) is 19.6 Å². The van der Waals surface area contributed by atoms with Gasteiger partial charge in [0.2, 0.25) is 5.96 Å². The number of halogens is 2. The molecule has 0 aromatic carbocycles. The zero-order valence-corrected chi connectivity index (χ0v) is 19.5. The van der Waals surface area contributed by atoms with Crippen molar-refractivity contribution in [2.45, 2.75) is 51.9 Å². The number of carbonyl (C=O) groups excluding carboxylic acids is 1. The van der Waals surface area contributed by atoms with Crippen molar-refractivity contribution >= 4 is 37.9 Å². The van der Waals surface area contributed by atoms with Crippen LogP contribution in [-0.4, -0.2) is 50.8 Å². The SMILES string of the molecule is CCN=C(NC(=O)OC(C)(C)C)N1CCCCN=S1(=O)Cc1nc(Br)ccc1F. The van der Waals surface area contributed by atoms with Gasteiger partial charge in [-0.25, -0.2) is 22.7 Å². The molecule has 1 unspecified atom stereocenters. The van der Waals surface area contributed by atoms with E-state index >= 15 is 0 Å². The Morgan fingerprint density at radius 3 is 2.79 bits per heavy atom. The van der Waals surface area contributed by atoms with Gasteiger partial charge >= 0.3 is 6.09 Å². The quantitative estimate of drug-likeness (QED) is 0.394. The van der Waals surface area contributed by atoms with Gasteiger partial charge in [-0.3, -0.25) is 14.6 Å². The monoisotopic (exact) mass is 491 g/mol. The lowest BCUT2D eigenvalue weighted by Crippen LogP contribution is -2.49. The molecular formula is C18H27BrFN5O3S. The fraction of sp³-hybridized carbons (Fsp3) is 0.611. The first-order valence-corrected chi connectivity index (χ1v) is 11.8. The van der Waals surface area contributed by atoms with Crippen LogP contribution in [0.1, 0.15) is 46.2 Å². The smallest absolute Gasteiger partial charge is 0.414 e. The minimum absolute atomic E-state index is 0.0353. The molecule has 0 aliphatic carbocycles. The summed E-state index contributed by atoms with van der Waals surface area (Å²) in [7, 11) is -3.14. The number of guanidine groups is 1. The van der Waals surface area contributed by atoms with E-state index in [0.29, 0.717) is 30.7 Å². The van der Waals surface area contributed by atoms with E-state index in [4.69, 9.17) is 4.74 Å². The van der Waals surface area contributed by atoms with E-state index in [2.05, 4.69) is 35.6 Å². The summed E-state index contributed by atoms with van der Waals surface area (Å²) in [6.45, 7) is 8.10. The highest BCUT2D eigenvalue weighted by atomic mass is 79.9. The van der Waals surface area contributed by atoms with Gasteiger partial charge in [0.25, 0.3) is 0 Å². The molecule has 1 aliphatic rings. The fourth-order valence-electron chi connectivity index (χ4n) is 2.61. The Labute approximate surface area is 179 Å². The molecule has 162 valence electrons. The third-order valence-corrected chi connectivity index (χ3v) is 6.49. The molecule has 0 bridgehead atoms. The number of hydrogen-bond donors (Lipinski definition) is 1. The van der Waals surface area contributed by atoms with E-state index in [0.717, 1.165) is 6.42 Å². The van der Waals surface area contributed by atoms with Crippen LogP contribution in [0.25, 0.3) is 0 Å². The number of pyridine rings is 1. The van der Waals surface area contributed by atoms with Crippen molar-refractivity contribution in [3.05, 3.63) is 28.2 Å². The van der Waals surface area contributed by atoms with Gasteiger partial charge in [0.05, 0.1) is 18.0 Å². The number of ether oxygens (including phenoxy) is 1. The Hall–Kier alpha value is -1.75. The van der Waals surface area contributed by atoms with Crippen LogP contribution in [0.15, 0.2) is 26.1 Å². The second-order valence-electron chi connectivity index (χ2n) is 7.40. The van der Waals surface area contributed by atoms with E-state index in [9.17, 15) is 13.4 Å². The number of nitrogens with zero attached hydrogens (tertiary/aromatic N) is 4. The second-order valence-corrected chi connectivity index (χ2v) is 10.4. The number of hydrogen-bond acceptors (Lipinski definition) is 6. The molecule has 0 saturated carbocycles. The van der Waals surface area contributed by atoms with Crippen LogP contribution in [0, 0.1) is 5.82 Å². The van der Waals surface area contributed by atoms with Gasteiger partial charge in [0.1, 0.15) is 25.9 Å². The molecule has 1 atom stereocenters. The summed E-state index contributed by atoms with van der Waals surface area (Å²) in [4.78, 5) is 20.7. The second kappa shape index (κ2) is 9.84. The minimum Gasteiger partial charge on any atom is -0.444 e. The molecule has 1 aromatic heterocycles. The van der Waals surface area contributed by atoms with Gasteiger partial charge in [0, 0.05) is 13.1 Å². The summed E-state index contributed by atoms with van der Waals surface area (Å²) >= 11 is 3.21. The van der Waals surface area contributed by atoms with Crippen LogP contribution >= 0.6 is 15.9 Å². The van der Waals surface area contributed by atoms with Gasteiger partial charge in [-0.1, -0.05) is 0 Å². The van der Waals surface area contributed by atoms with Crippen LogP contribution in [0.5, 0.6) is 0 Å². The molecule has 0 fully saturated rings. The van der Waals surface area contributed by atoms with E-state index in [-0.39, 0.29) is 17.4 Å². The number of aliphatic imine (C=N–C) groups is 1. The average molecular weight is 492 g/mol. The number of alkyl carbamates (subject to hydrolysis) is 1. The van der Waals surface area contributed by atoms with Gasteiger partial charge in [-0.2, -0.15) is 0 Å². The minimum atomic E-state index is -3.14. The highest BCUT2D eigenvalue weighted by molar-refractivity contribution is 9.10. The van der Waals surface area contributed by atoms with Crippen molar-refractivity contribution in [3.8, 4) is 0 Å². The van der Waals surface area contributed by atoms with Gasteiger partial charge in [0.15, 0.2) is 0 Å². The van der Waals surface area contributed by atoms with E-state index < -0.39 is 27.4 Å². The maximum atomic E-state index is 14.3. The van der Waals surface area contributed by atoms with Crippen molar-refractivity contribution in [2.24, 2.45) is 9.36 Å². The van der Waals surface area contributed by atoms with Crippen LogP contribution < -0.4 is 5.32 Å². The van der Waals surface area contributed by atoms with Crippen LogP contribution in [0.4, 0.5) is 9.18 Å². The van der Waals surface area contributed by atoms with Gasteiger partial charge in [-0.05, 0) is 68.6 Å². The van der Waals surface area contributed by atoms with Crippen molar-refractivity contribution in [3.63, 3.8) is 0 Å². The number of amides is 1. The molecule has 8 nitrogen and oxygen atoms in total. The predicted octanol–water partition coefficient (Wildman–Crippen LogP) is 3.86. The van der Waals surface area contributed by atoms with Crippen molar-refractivity contribution in [1.82, 2.24) is 14.6 Å². The normalized spacial score (nSPS) is 20.6. The van der Waals surface area contributed by atoms with Crippen molar-refractivity contribution in [1.29, 1.82) is 0 Å². The van der Waals surface area contributed by atoms with Crippen LogP contribution in [-0.2, 0) is 20.4 Å². The maximum absolute atomic E-state index is 14.3. The largest absolute Gasteiger partial charge is 0.444 e. The topological polar surface area (TPSA) is 96.2 Å². The third-order valence-electron chi connectivity index (χ3n) is 3.77. The molecule has 1 N–H and O–H groups in total. The Kier molecular flexibility index (Phi) is 7.98. The Balaban J connectivity index is 2.39. The standard InChI is InChI=1S/C18H27BrFN5O3S/c1-5-21-16(24-17(26)28-18(2,3)4)25-11-7-6-10-22-29(25,27)12-14-13(20)8-9-15(19)23-14/h8-9H,5-7,10-12H2,1-4H3,(H,21,24,26). The number of nitrogens with one attached hydrogen (secondary N) is 1. The molecule has 0 saturated heterocycles. The van der Waals surface area contributed by atoms with Crippen LogP contribution in [0.2, 0.25) is 0 Å². The highest BCUT2D eigenvalue weighted by Gasteiger charge is 2.29. The first-order valence-electron chi connectivity index (χ1n) is 9.38. The Bertz CT molecular complexity index is 894. The predicted molar refractivity (Wildman–Crippen MR) is 114 cm³/mol. The Morgan fingerprint density at radius 2 is 2.14 bits per heavy atom. The van der Waals surface area contributed by atoms with Gasteiger partial charge < -0.3 is 4.74 Å². The van der Waals surface area contributed by atoms with Crippen LogP contribution in [0.3, 0.4) is 0 Å². The molecule has 2 rings (SSSR count). The first kappa shape index (κ1) is 23.5. The lowest BCUT2D eigenvalue weighted by atomic mass is 10.2. The number of aromatic nitrogens is 1. The Morgan fingerprint density at radius 1 is 1.41 bits per heavy atom. The summed E-state index contributed by atoms with van der Waals surface area (Å²) in [6.07, 6.45) is 0.726. The fourth-order valence-corrected chi connectivity index (χ4v) is 5.11. The number of rotatable bonds is 3. The molecule has 1 aromatic rings. The maximum Gasteiger partial charge on any atom is 0.414 e. The van der Waals surface area contributed by atoms with Gasteiger partial charge in [-0.15, -0.1) is 0 Å². The third kappa shape index (κ3) is 6.91. The zero-order chi connectivity index (χ0) is 21.7. The summed E-state index contributed by atoms with van der Waals surface area (Å²) in [5, 5.41) is 2.59. The molecule has 2 heterocycles. The molecule has 11 heteroatoms. The lowest BCUT2D eigenvalue weighted by molar-refractivity contribution is 0.0559. The molecule has 1 amide bonds. The summed E-state index contributed by atoms with van der Waals surface area (Å²) in [5.41, 5.74) is -0.664. The zero-order valence-electron chi connectivity index (χ0n) is 17.1. The molecule has 29 heavy (non-hydrogen) atoms. The van der Waals surface area contributed by atoms with E-state index in [1.807, 2.05) is 0 Å². The summed E-state index contributed by atoms with van der Waals surface area (Å²) in [6, 6.07) is 2.73. The van der Waals surface area contributed by atoms with E-state index in [1.54, 1.807) is 27.7 Å². The first-order chi connectivity index (χ1) is 13.5. The summed E-state index contributed by atoms with van der Waals surface area (Å²) in [5.74, 6) is -0.686. The lowest BCUT2D eigenvalue weighted by Gasteiger charge is -2.28. The molecule has 0 radical (unpaired) electrons. The average Bonchev–Trinajstić information content (AvgIpc) is 2.78. The highest BCUT2D eigenvalue weighted by Crippen LogP contribution is 2.21. The molecular weight excluding hydrogens is 465 g/mol. The van der Waals surface area contributed by atoms with Crippen molar-refractivity contribution < 1.29 is 18.1 Å².